The highest BCUT2D eigenvalue weighted by Gasteiger charge is 2.15. The number of benzene rings is 1. The van der Waals surface area contributed by atoms with Gasteiger partial charge in [-0.1, -0.05) is 6.07 Å². The molecule has 6 nitrogen and oxygen atoms in total. The third kappa shape index (κ3) is 3.92. The summed E-state index contributed by atoms with van der Waals surface area (Å²) < 4.78 is 11.1. The normalized spacial score (nSPS) is 14.2. The molecular formula is C16H19N3O3S. The molecule has 1 atom stereocenters. The number of thiazole rings is 1. The van der Waals surface area contributed by atoms with Gasteiger partial charge in [-0.15, -0.1) is 11.3 Å². The van der Waals surface area contributed by atoms with E-state index in [9.17, 15) is 4.79 Å². The summed E-state index contributed by atoms with van der Waals surface area (Å²) in [6.07, 6.45) is 0. The van der Waals surface area contributed by atoms with Gasteiger partial charge in [-0.05, 0) is 31.5 Å². The van der Waals surface area contributed by atoms with Crippen LogP contribution in [0, 0.1) is 6.92 Å². The summed E-state index contributed by atoms with van der Waals surface area (Å²) in [4.78, 5) is 16.3. The van der Waals surface area contributed by atoms with Crippen molar-refractivity contribution < 1.29 is 14.3 Å². The topological polar surface area (TPSA) is 72.5 Å². The van der Waals surface area contributed by atoms with E-state index in [-0.39, 0.29) is 12.1 Å². The molecule has 1 aromatic carbocycles. The predicted octanol–water partition coefficient (Wildman–Crippen LogP) is 2.78. The number of fused-ring (bicyclic) bond motifs is 1. The van der Waals surface area contributed by atoms with Crippen molar-refractivity contribution in [3.8, 4) is 11.5 Å². The summed E-state index contributed by atoms with van der Waals surface area (Å²) >= 11 is 1.54. The number of ether oxygens (including phenoxy) is 2. The van der Waals surface area contributed by atoms with Crippen LogP contribution in [0.1, 0.15) is 29.2 Å². The third-order valence-electron chi connectivity index (χ3n) is 3.48. The molecule has 0 saturated carbocycles. The summed E-state index contributed by atoms with van der Waals surface area (Å²) in [6.45, 7) is 5.41. The van der Waals surface area contributed by atoms with E-state index in [4.69, 9.17) is 9.47 Å². The lowest BCUT2D eigenvalue weighted by molar-refractivity contribution is 0.171. The molecule has 7 heteroatoms. The Hall–Kier alpha value is -2.28. The molecule has 0 aliphatic carbocycles. The first-order chi connectivity index (χ1) is 11.1. The number of carbonyl (C=O) groups is 1. The van der Waals surface area contributed by atoms with Crippen LogP contribution in [0.5, 0.6) is 11.5 Å². The zero-order chi connectivity index (χ0) is 16.2. The molecule has 1 aromatic heterocycles. The highest BCUT2D eigenvalue weighted by Crippen LogP contribution is 2.32. The van der Waals surface area contributed by atoms with Gasteiger partial charge in [0.2, 0.25) is 0 Å². The van der Waals surface area contributed by atoms with Crippen molar-refractivity contribution in [2.75, 3.05) is 13.2 Å². The minimum atomic E-state index is -0.222. The minimum Gasteiger partial charge on any atom is -0.486 e. The second-order valence-corrected chi connectivity index (χ2v) is 6.28. The van der Waals surface area contributed by atoms with E-state index in [0.29, 0.717) is 19.8 Å². The molecule has 3 rings (SSSR count). The number of aryl methyl sites for hydroxylation is 1. The Kier molecular flexibility index (Phi) is 4.66. The van der Waals surface area contributed by atoms with E-state index < -0.39 is 0 Å². The fourth-order valence-electron chi connectivity index (χ4n) is 2.30. The second-order valence-electron chi connectivity index (χ2n) is 5.33. The van der Waals surface area contributed by atoms with Crippen molar-refractivity contribution >= 4 is 17.4 Å². The smallest absolute Gasteiger partial charge is 0.315 e. The molecule has 23 heavy (non-hydrogen) atoms. The zero-order valence-electron chi connectivity index (χ0n) is 13.1. The van der Waals surface area contributed by atoms with Gasteiger partial charge < -0.3 is 20.1 Å². The average molecular weight is 333 g/mol. The Morgan fingerprint density at radius 3 is 2.87 bits per heavy atom. The van der Waals surface area contributed by atoms with Crippen molar-refractivity contribution in [1.82, 2.24) is 15.6 Å². The van der Waals surface area contributed by atoms with Gasteiger partial charge in [0.15, 0.2) is 11.5 Å². The Morgan fingerprint density at radius 1 is 1.35 bits per heavy atom. The zero-order valence-corrected chi connectivity index (χ0v) is 13.9. The second kappa shape index (κ2) is 6.87. The monoisotopic (exact) mass is 333 g/mol. The molecule has 1 aliphatic rings. The maximum absolute atomic E-state index is 12.0. The summed E-state index contributed by atoms with van der Waals surface area (Å²) in [5.74, 6) is 1.47. The first-order valence-electron chi connectivity index (χ1n) is 7.47. The number of hydrogen-bond acceptors (Lipinski definition) is 5. The number of carbonyl (C=O) groups excluding carboxylic acids is 1. The summed E-state index contributed by atoms with van der Waals surface area (Å²) in [6, 6.07) is 5.36. The lowest BCUT2D eigenvalue weighted by Crippen LogP contribution is -2.36. The molecule has 2 aromatic rings. The van der Waals surface area contributed by atoms with Crippen molar-refractivity contribution in [3.05, 3.63) is 39.8 Å². The quantitative estimate of drug-likeness (QED) is 0.902. The van der Waals surface area contributed by atoms with Crippen LogP contribution < -0.4 is 20.1 Å². The summed E-state index contributed by atoms with van der Waals surface area (Å²) in [5, 5.41) is 8.59. The maximum atomic E-state index is 12.0. The van der Waals surface area contributed by atoms with Crippen molar-refractivity contribution in [1.29, 1.82) is 0 Å². The summed E-state index contributed by atoms with van der Waals surface area (Å²) in [7, 11) is 0. The van der Waals surface area contributed by atoms with Gasteiger partial charge in [-0.2, -0.15) is 0 Å². The number of amides is 2. The molecular weight excluding hydrogens is 314 g/mol. The fraction of sp³-hybridized carbons (Fsp3) is 0.375. The minimum absolute atomic E-state index is 0.135. The predicted molar refractivity (Wildman–Crippen MR) is 88.1 cm³/mol. The van der Waals surface area contributed by atoms with E-state index >= 15 is 0 Å². The van der Waals surface area contributed by atoms with Crippen molar-refractivity contribution in [2.45, 2.75) is 26.4 Å². The van der Waals surface area contributed by atoms with Crippen LogP contribution in [0.2, 0.25) is 0 Å². The van der Waals surface area contributed by atoms with Crippen LogP contribution in [0.3, 0.4) is 0 Å². The molecule has 1 aliphatic heterocycles. The molecule has 0 fully saturated rings. The molecule has 0 radical (unpaired) electrons. The van der Waals surface area contributed by atoms with Crippen LogP contribution >= 0.6 is 11.3 Å². The van der Waals surface area contributed by atoms with Crippen LogP contribution in [-0.2, 0) is 6.54 Å². The molecule has 0 saturated heterocycles. The third-order valence-corrected chi connectivity index (χ3v) is 4.45. The van der Waals surface area contributed by atoms with Gasteiger partial charge in [0, 0.05) is 11.1 Å². The van der Waals surface area contributed by atoms with Crippen LogP contribution in [-0.4, -0.2) is 24.2 Å². The first-order valence-corrected chi connectivity index (χ1v) is 8.34. The van der Waals surface area contributed by atoms with E-state index in [2.05, 4.69) is 15.6 Å². The Balaban J connectivity index is 1.55. The van der Waals surface area contributed by atoms with Gasteiger partial charge in [0.25, 0.3) is 0 Å². The van der Waals surface area contributed by atoms with Gasteiger partial charge in [-0.25, -0.2) is 9.78 Å². The maximum Gasteiger partial charge on any atom is 0.315 e. The van der Waals surface area contributed by atoms with Gasteiger partial charge >= 0.3 is 6.03 Å². The number of aromatic nitrogens is 1. The first kappa shape index (κ1) is 15.6. The summed E-state index contributed by atoms with van der Waals surface area (Å²) in [5.41, 5.74) is 1.94. The van der Waals surface area contributed by atoms with E-state index in [0.717, 1.165) is 27.8 Å². The molecule has 2 N–H and O–H groups in total. The average Bonchev–Trinajstić information content (AvgIpc) is 2.98. The van der Waals surface area contributed by atoms with E-state index in [1.165, 1.54) is 11.3 Å². The number of hydrogen-bond donors (Lipinski definition) is 2. The highest BCUT2D eigenvalue weighted by atomic mass is 32.1. The van der Waals surface area contributed by atoms with Gasteiger partial charge in [-0.3, -0.25) is 0 Å². The van der Waals surface area contributed by atoms with Crippen molar-refractivity contribution in [2.24, 2.45) is 0 Å². The van der Waals surface area contributed by atoms with Crippen LogP contribution in [0.15, 0.2) is 23.6 Å². The number of rotatable bonds is 4. The van der Waals surface area contributed by atoms with Crippen LogP contribution in [0.4, 0.5) is 4.79 Å². The molecule has 0 bridgehead atoms. The number of urea groups is 1. The standard InChI is InChI=1S/C16H19N3O3S/c1-10-9-23-15(18-10)8-17-16(20)19-11(2)12-3-4-13-14(7-12)22-6-5-21-13/h3-4,7,9,11H,5-6,8H2,1-2H3,(H2,17,19,20). The largest absolute Gasteiger partial charge is 0.486 e. The molecule has 1 unspecified atom stereocenters. The van der Waals surface area contributed by atoms with E-state index in [1.807, 2.05) is 37.4 Å². The number of nitrogens with one attached hydrogen (secondary N) is 2. The lowest BCUT2D eigenvalue weighted by atomic mass is 10.1. The molecule has 0 spiro atoms. The van der Waals surface area contributed by atoms with Gasteiger partial charge in [0.1, 0.15) is 18.2 Å². The highest BCUT2D eigenvalue weighted by molar-refractivity contribution is 7.09. The fourth-order valence-corrected chi connectivity index (χ4v) is 3.01. The van der Waals surface area contributed by atoms with Gasteiger partial charge in [0.05, 0.1) is 12.6 Å². The lowest BCUT2D eigenvalue weighted by Gasteiger charge is -2.21. The molecule has 122 valence electrons. The molecule has 2 heterocycles. The van der Waals surface area contributed by atoms with E-state index in [1.54, 1.807) is 0 Å². The SMILES string of the molecule is Cc1csc(CNC(=O)NC(C)c2ccc3c(c2)OCCO3)n1. The number of nitrogens with zero attached hydrogens (tertiary/aromatic N) is 1. The Morgan fingerprint density at radius 2 is 2.13 bits per heavy atom. The van der Waals surface area contributed by atoms with Crippen molar-refractivity contribution in [3.63, 3.8) is 0 Å². The Labute approximate surface area is 138 Å². The Bertz CT molecular complexity index is 702. The molecule has 2 amide bonds. The van der Waals surface area contributed by atoms with Crippen LogP contribution in [0.25, 0.3) is 0 Å².